The van der Waals surface area contributed by atoms with Crippen molar-refractivity contribution in [3.63, 3.8) is 0 Å². The molecule has 0 spiro atoms. The highest BCUT2D eigenvalue weighted by Crippen LogP contribution is 2.51. The number of primary amides is 1. The van der Waals surface area contributed by atoms with Crippen LogP contribution in [0.25, 0.3) is 12.2 Å². The lowest BCUT2D eigenvalue weighted by atomic mass is 9.77. The fraction of sp³-hybridized carbons (Fsp3) is 0.379. The van der Waals surface area contributed by atoms with Crippen molar-refractivity contribution in [1.29, 1.82) is 0 Å². The Morgan fingerprint density at radius 1 is 1.03 bits per heavy atom. The molecule has 5 N–H and O–H groups in total. The largest absolute Gasteiger partial charge is 0.480 e. The van der Waals surface area contributed by atoms with Crippen LogP contribution >= 0.6 is 0 Å². The van der Waals surface area contributed by atoms with Crippen molar-refractivity contribution in [2.24, 2.45) is 17.6 Å². The molecule has 0 aromatic heterocycles. The number of urea groups is 1. The molecule has 0 bridgehead atoms. The second kappa shape index (κ2) is 10.4. The predicted octanol–water partition coefficient (Wildman–Crippen LogP) is 3.17. The summed E-state index contributed by atoms with van der Waals surface area (Å²) in [5.41, 5.74) is 5.41. The van der Waals surface area contributed by atoms with Crippen LogP contribution in [0.2, 0.25) is 0 Å². The number of imide groups is 1. The Kier molecular flexibility index (Phi) is 7.42. The number of carboxylic acids is 1. The Hall–Kier alpha value is -3.98. The Bertz CT molecular complexity index is 1250. The first-order chi connectivity index (χ1) is 18.0. The number of likely N-dealkylation sites (tertiary alicyclic amines) is 1. The number of carbonyl (C=O) groups is 4. The third-order valence-electron chi connectivity index (χ3n) is 7.32. The van der Waals surface area contributed by atoms with Gasteiger partial charge in [-0.05, 0) is 50.3 Å². The quantitative estimate of drug-likeness (QED) is 0.240. The van der Waals surface area contributed by atoms with Crippen molar-refractivity contribution >= 4 is 36.0 Å². The van der Waals surface area contributed by atoms with Crippen LogP contribution in [0, 0.1) is 11.8 Å². The van der Waals surface area contributed by atoms with Crippen LogP contribution in [0.3, 0.4) is 0 Å². The summed E-state index contributed by atoms with van der Waals surface area (Å²) < 4.78 is 0. The Balaban J connectivity index is 1.67. The van der Waals surface area contributed by atoms with Crippen LogP contribution in [0.15, 0.2) is 54.6 Å². The smallest absolute Gasteiger partial charge is 0.324 e. The van der Waals surface area contributed by atoms with Gasteiger partial charge in [-0.3, -0.25) is 24.6 Å². The first-order valence-corrected chi connectivity index (χ1v) is 12.7. The van der Waals surface area contributed by atoms with Crippen LogP contribution < -0.4 is 16.4 Å². The fourth-order valence-electron chi connectivity index (χ4n) is 5.63. The van der Waals surface area contributed by atoms with Crippen molar-refractivity contribution < 1.29 is 24.3 Å². The van der Waals surface area contributed by atoms with Gasteiger partial charge in [-0.1, -0.05) is 66.7 Å². The summed E-state index contributed by atoms with van der Waals surface area (Å²) in [5.74, 6) is -4.02. The average Bonchev–Trinajstić information content (AvgIpc) is 3.35. The molecule has 0 saturated carbocycles. The van der Waals surface area contributed by atoms with E-state index in [1.807, 2.05) is 66.7 Å². The van der Waals surface area contributed by atoms with Crippen LogP contribution in [0.1, 0.15) is 56.3 Å². The van der Waals surface area contributed by atoms with E-state index >= 15 is 0 Å². The molecule has 2 heterocycles. The van der Waals surface area contributed by atoms with E-state index in [0.29, 0.717) is 0 Å². The number of aliphatic carboxylic acids is 1. The Morgan fingerprint density at radius 3 is 2.18 bits per heavy atom. The van der Waals surface area contributed by atoms with Crippen molar-refractivity contribution in [3.05, 3.63) is 71.3 Å². The van der Waals surface area contributed by atoms with Crippen molar-refractivity contribution in [2.45, 2.75) is 50.7 Å². The van der Waals surface area contributed by atoms with Crippen molar-refractivity contribution in [2.75, 3.05) is 6.54 Å². The standard InChI is InChI=1S/C29H34N4O5/c1-28(2,3)33-24(34)21-22(25(33)35)29(26(36)37,16-7-17-31-27(30)38)32-23(21)20-14-12-19(13-15-20)11-10-18-8-5-4-6-9-18/h4-6,8-15,21-23,32H,7,16-17H2,1-3H3,(H,36,37)(H3,30,31,38)/b11-10+. The molecule has 2 aromatic carbocycles. The SMILES string of the molecule is CC(C)(C)N1C(=O)C2C(c3ccc(/C=C/c4ccccc4)cc3)NC(CCCNC(N)=O)(C(=O)O)C2C1=O. The molecule has 0 radical (unpaired) electrons. The zero-order chi connectivity index (χ0) is 27.7. The average molecular weight is 519 g/mol. The number of carboxylic acid groups (broad SMARTS) is 1. The lowest BCUT2D eigenvalue weighted by molar-refractivity contribution is -0.154. The van der Waals surface area contributed by atoms with E-state index in [-0.39, 0.29) is 25.3 Å². The van der Waals surface area contributed by atoms with Gasteiger partial charge >= 0.3 is 12.0 Å². The molecule has 200 valence electrons. The summed E-state index contributed by atoms with van der Waals surface area (Å²) in [6.45, 7) is 5.44. The van der Waals surface area contributed by atoms with Gasteiger partial charge in [0.2, 0.25) is 11.8 Å². The van der Waals surface area contributed by atoms with Gasteiger partial charge in [-0.2, -0.15) is 0 Å². The number of nitrogens with zero attached hydrogens (tertiary/aromatic N) is 1. The number of nitrogens with one attached hydrogen (secondary N) is 2. The molecule has 9 nitrogen and oxygen atoms in total. The van der Waals surface area contributed by atoms with E-state index in [9.17, 15) is 24.3 Å². The van der Waals surface area contributed by atoms with Crippen molar-refractivity contribution in [1.82, 2.24) is 15.5 Å². The molecule has 4 unspecified atom stereocenters. The minimum atomic E-state index is -1.67. The molecule has 2 aromatic rings. The molecule has 9 heteroatoms. The molecule has 2 aliphatic heterocycles. The number of hydrogen-bond acceptors (Lipinski definition) is 5. The summed E-state index contributed by atoms with van der Waals surface area (Å²) in [5, 5.41) is 16.1. The van der Waals surface area contributed by atoms with Gasteiger partial charge in [0.1, 0.15) is 5.54 Å². The maximum Gasteiger partial charge on any atom is 0.324 e. The Labute approximate surface area is 222 Å². The zero-order valence-corrected chi connectivity index (χ0v) is 21.8. The molecule has 4 amide bonds. The van der Waals surface area contributed by atoms with Gasteiger partial charge in [-0.15, -0.1) is 0 Å². The lowest BCUT2D eigenvalue weighted by Crippen LogP contribution is -2.57. The summed E-state index contributed by atoms with van der Waals surface area (Å²) >= 11 is 0. The van der Waals surface area contributed by atoms with Gasteiger partial charge in [0.25, 0.3) is 0 Å². The number of amides is 4. The summed E-state index contributed by atoms with van der Waals surface area (Å²) in [4.78, 5) is 52.4. The molecule has 4 atom stereocenters. The number of benzene rings is 2. The van der Waals surface area contributed by atoms with E-state index in [4.69, 9.17) is 5.73 Å². The molecule has 2 aliphatic rings. The van der Waals surface area contributed by atoms with Gasteiger partial charge < -0.3 is 16.2 Å². The molecule has 2 saturated heterocycles. The van der Waals surface area contributed by atoms with E-state index in [1.165, 1.54) is 4.90 Å². The van der Waals surface area contributed by atoms with Gasteiger partial charge in [0.15, 0.2) is 0 Å². The number of rotatable bonds is 8. The van der Waals surface area contributed by atoms with E-state index < -0.39 is 46.9 Å². The number of fused-ring (bicyclic) bond motifs is 1. The highest BCUT2D eigenvalue weighted by atomic mass is 16.4. The summed E-state index contributed by atoms with van der Waals surface area (Å²) in [6.07, 6.45) is 4.27. The van der Waals surface area contributed by atoms with Crippen molar-refractivity contribution in [3.8, 4) is 0 Å². The minimum absolute atomic E-state index is 0.0369. The maximum absolute atomic E-state index is 13.7. The van der Waals surface area contributed by atoms with Crippen LogP contribution in [-0.2, 0) is 14.4 Å². The van der Waals surface area contributed by atoms with E-state index in [0.717, 1.165) is 16.7 Å². The van der Waals surface area contributed by atoms with Crippen LogP contribution in [0.5, 0.6) is 0 Å². The zero-order valence-electron chi connectivity index (χ0n) is 21.8. The first kappa shape index (κ1) is 27.1. The fourth-order valence-corrected chi connectivity index (χ4v) is 5.63. The topological polar surface area (TPSA) is 142 Å². The second-order valence-corrected chi connectivity index (χ2v) is 10.9. The maximum atomic E-state index is 13.7. The molecule has 0 aliphatic carbocycles. The predicted molar refractivity (Wildman–Crippen MR) is 143 cm³/mol. The first-order valence-electron chi connectivity index (χ1n) is 12.7. The Morgan fingerprint density at radius 2 is 1.63 bits per heavy atom. The lowest BCUT2D eigenvalue weighted by Gasteiger charge is -2.35. The monoisotopic (exact) mass is 518 g/mol. The van der Waals surface area contributed by atoms with E-state index in [2.05, 4.69) is 10.6 Å². The molecule has 38 heavy (non-hydrogen) atoms. The van der Waals surface area contributed by atoms with Gasteiger partial charge in [0.05, 0.1) is 11.8 Å². The van der Waals surface area contributed by atoms with Crippen LogP contribution in [0.4, 0.5) is 4.79 Å². The molecular formula is C29H34N4O5. The third kappa shape index (κ3) is 5.06. The number of carbonyl (C=O) groups excluding carboxylic acids is 3. The minimum Gasteiger partial charge on any atom is -0.480 e. The van der Waals surface area contributed by atoms with Crippen LogP contribution in [-0.4, -0.2) is 51.4 Å². The summed E-state index contributed by atoms with van der Waals surface area (Å²) in [7, 11) is 0. The highest BCUT2D eigenvalue weighted by molar-refractivity contribution is 6.10. The second-order valence-electron chi connectivity index (χ2n) is 10.9. The van der Waals surface area contributed by atoms with E-state index in [1.54, 1.807) is 20.8 Å². The number of nitrogens with two attached hydrogens (primary N) is 1. The number of hydrogen-bond donors (Lipinski definition) is 4. The van der Waals surface area contributed by atoms with Gasteiger partial charge in [-0.25, -0.2) is 4.79 Å². The van der Waals surface area contributed by atoms with Gasteiger partial charge in [0, 0.05) is 18.1 Å². The molecular weight excluding hydrogens is 484 g/mol. The highest BCUT2D eigenvalue weighted by Gasteiger charge is 2.69. The normalized spacial score (nSPS) is 25.1. The summed E-state index contributed by atoms with van der Waals surface area (Å²) in [6, 6.07) is 16.0. The molecule has 4 rings (SSSR count). The molecule has 2 fully saturated rings. The third-order valence-corrected chi connectivity index (χ3v) is 7.32.